The maximum Gasteiger partial charge on any atom is 0.160 e. The number of imidazole rings is 1. The fraction of sp³-hybridized carbons (Fsp3) is 0.647. The summed E-state index contributed by atoms with van der Waals surface area (Å²) in [4.78, 5) is 9.35. The summed E-state index contributed by atoms with van der Waals surface area (Å²) in [6, 6.07) is 2.10. The van der Waals surface area contributed by atoms with E-state index in [1.165, 1.54) is 25.7 Å². The van der Waals surface area contributed by atoms with E-state index in [-0.39, 0.29) is 5.38 Å². The summed E-state index contributed by atoms with van der Waals surface area (Å²) in [5, 5.41) is -0.0848. The molecular weight excluding hydrogens is 282 g/mol. The van der Waals surface area contributed by atoms with Crippen molar-refractivity contribution in [2.24, 2.45) is 11.8 Å². The first-order chi connectivity index (χ1) is 10.1. The summed E-state index contributed by atoms with van der Waals surface area (Å²) >= 11 is 6.36. The van der Waals surface area contributed by atoms with E-state index in [1.54, 1.807) is 0 Å². The smallest absolute Gasteiger partial charge is 0.160 e. The van der Waals surface area contributed by atoms with Crippen molar-refractivity contribution < 1.29 is 0 Å². The molecule has 3 rings (SSSR count). The molecule has 0 N–H and O–H groups in total. The Labute approximate surface area is 131 Å². The summed E-state index contributed by atoms with van der Waals surface area (Å²) in [6.07, 6.45) is 7.30. The molecule has 3 unspecified atom stereocenters. The van der Waals surface area contributed by atoms with Crippen molar-refractivity contribution in [2.75, 3.05) is 0 Å². The van der Waals surface area contributed by atoms with Gasteiger partial charge in [-0.15, -0.1) is 11.6 Å². The molecule has 0 spiro atoms. The largest absolute Gasteiger partial charge is 0.311 e. The van der Waals surface area contributed by atoms with Crippen molar-refractivity contribution in [2.45, 2.75) is 58.4 Å². The number of hydrogen-bond acceptors (Lipinski definition) is 2. The van der Waals surface area contributed by atoms with Crippen molar-refractivity contribution in [1.29, 1.82) is 0 Å². The lowest BCUT2D eigenvalue weighted by atomic mass is 9.80. The Morgan fingerprint density at radius 1 is 1.38 bits per heavy atom. The average Bonchev–Trinajstić information content (AvgIpc) is 2.79. The molecule has 0 bridgehead atoms. The van der Waals surface area contributed by atoms with Crippen LogP contribution in [0.2, 0.25) is 0 Å². The number of aryl methyl sites for hydroxylation is 1. The number of nitrogens with zero attached hydrogens (tertiary/aromatic N) is 3. The Hall–Kier alpha value is -1.09. The predicted molar refractivity (Wildman–Crippen MR) is 87.7 cm³/mol. The van der Waals surface area contributed by atoms with Crippen LogP contribution in [0.15, 0.2) is 12.3 Å². The van der Waals surface area contributed by atoms with Crippen molar-refractivity contribution in [3.05, 3.63) is 23.7 Å². The maximum atomic E-state index is 6.36. The first-order valence-corrected chi connectivity index (χ1v) is 8.46. The Morgan fingerprint density at radius 2 is 2.14 bits per heavy atom. The lowest BCUT2D eigenvalue weighted by molar-refractivity contribution is 0.228. The molecule has 1 fully saturated rings. The fourth-order valence-corrected chi connectivity index (χ4v) is 3.68. The van der Waals surface area contributed by atoms with E-state index in [9.17, 15) is 0 Å². The van der Waals surface area contributed by atoms with Crippen molar-refractivity contribution in [3.63, 3.8) is 0 Å². The molecule has 0 amide bonds. The summed E-state index contributed by atoms with van der Waals surface area (Å²) in [7, 11) is 0. The monoisotopic (exact) mass is 305 g/mol. The maximum absolute atomic E-state index is 6.36. The van der Waals surface area contributed by atoms with Crippen LogP contribution in [0, 0.1) is 18.8 Å². The Balaban J connectivity index is 2.00. The molecule has 0 saturated heterocycles. The van der Waals surface area contributed by atoms with E-state index in [0.717, 1.165) is 35.0 Å². The van der Waals surface area contributed by atoms with Gasteiger partial charge in [-0.05, 0) is 43.7 Å². The highest BCUT2D eigenvalue weighted by atomic mass is 35.5. The van der Waals surface area contributed by atoms with Gasteiger partial charge >= 0.3 is 0 Å². The minimum Gasteiger partial charge on any atom is -0.311 e. The molecule has 2 aromatic heterocycles. The lowest BCUT2D eigenvalue weighted by Crippen LogP contribution is -2.23. The van der Waals surface area contributed by atoms with Crippen molar-refractivity contribution in [1.82, 2.24) is 14.5 Å². The average molecular weight is 306 g/mol. The van der Waals surface area contributed by atoms with Gasteiger partial charge in [-0.1, -0.05) is 26.2 Å². The van der Waals surface area contributed by atoms with Crippen LogP contribution in [0.3, 0.4) is 0 Å². The van der Waals surface area contributed by atoms with Crippen LogP contribution in [-0.2, 0) is 6.54 Å². The Morgan fingerprint density at radius 3 is 2.86 bits per heavy atom. The van der Waals surface area contributed by atoms with Gasteiger partial charge in [-0.3, -0.25) is 0 Å². The zero-order valence-electron chi connectivity index (χ0n) is 13.1. The molecule has 0 radical (unpaired) electrons. The quantitative estimate of drug-likeness (QED) is 0.758. The molecule has 2 aromatic rings. The molecule has 21 heavy (non-hydrogen) atoms. The predicted octanol–water partition coefficient (Wildman–Crippen LogP) is 4.87. The van der Waals surface area contributed by atoms with Gasteiger partial charge < -0.3 is 4.57 Å². The number of halogens is 1. The van der Waals surface area contributed by atoms with Gasteiger partial charge in [0.25, 0.3) is 0 Å². The lowest BCUT2D eigenvalue weighted by Gasteiger charge is -2.29. The van der Waals surface area contributed by atoms with E-state index >= 15 is 0 Å². The van der Waals surface area contributed by atoms with Crippen LogP contribution in [0.25, 0.3) is 11.2 Å². The summed E-state index contributed by atoms with van der Waals surface area (Å²) in [5.74, 6) is 2.45. The first-order valence-electron chi connectivity index (χ1n) is 8.03. The highest BCUT2D eigenvalue weighted by molar-refractivity contribution is 6.20. The minimum atomic E-state index is -0.0848. The van der Waals surface area contributed by atoms with Crippen molar-refractivity contribution >= 4 is 22.8 Å². The number of aromatic nitrogens is 3. The van der Waals surface area contributed by atoms with Gasteiger partial charge in [0.1, 0.15) is 11.3 Å². The van der Waals surface area contributed by atoms with Gasteiger partial charge in [-0.2, -0.15) is 0 Å². The number of hydrogen-bond donors (Lipinski definition) is 0. The molecule has 2 heterocycles. The molecule has 1 aliphatic carbocycles. The van der Waals surface area contributed by atoms with Crippen LogP contribution in [0.5, 0.6) is 0 Å². The van der Waals surface area contributed by atoms with Crippen LogP contribution in [0.1, 0.15) is 56.3 Å². The van der Waals surface area contributed by atoms with Crippen LogP contribution < -0.4 is 0 Å². The third-order valence-corrected chi connectivity index (χ3v) is 5.01. The molecule has 0 aromatic carbocycles. The second-order valence-electron chi connectivity index (χ2n) is 6.57. The van der Waals surface area contributed by atoms with E-state index in [1.807, 2.05) is 13.1 Å². The van der Waals surface area contributed by atoms with Gasteiger partial charge in [0.2, 0.25) is 0 Å². The molecule has 0 aliphatic heterocycles. The second-order valence-corrected chi connectivity index (χ2v) is 7.23. The molecule has 3 atom stereocenters. The number of alkyl halides is 1. The molecule has 3 nitrogen and oxygen atoms in total. The normalized spacial score (nSPS) is 24.4. The highest BCUT2D eigenvalue weighted by Crippen LogP contribution is 2.33. The zero-order valence-corrected chi connectivity index (χ0v) is 13.9. The minimum absolute atomic E-state index is 0.0848. The SMILES string of the molecule is Cc1cnc2c(c1)nc(C(C)Cl)n2CC1CCCCC1C. The zero-order chi connectivity index (χ0) is 15.0. The third kappa shape index (κ3) is 2.94. The molecule has 1 saturated carbocycles. The number of pyridine rings is 1. The van der Waals surface area contributed by atoms with Gasteiger partial charge in [0, 0.05) is 12.7 Å². The van der Waals surface area contributed by atoms with Crippen LogP contribution in [0.4, 0.5) is 0 Å². The molecular formula is C17H24ClN3. The van der Waals surface area contributed by atoms with Crippen LogP contribution in [-0.4, -0.2) is 14.5 Å². The topological polar surface area (TPSA) is 30.7 Å². The summed E-state index contributed by atoms with van der Waals surface area (Å²) in [5.41, 5.74) is 3.11. The first kappa shape index (κ1) is 14.8. The van der Waals surface area contributed by atoms with Gasteiger partial charge in [-0.25, -0.2) is 9.97 Å². The van der Waals surface area contributed by atoms with Gasteiger partial charge in [0.05, 0.1) is 5.38 Å². The number of rotatable bonds is 3. The molecule has 1 aliphatic rings. The summed E-state index contributed by atoms with van der Waals surface area (Å²) < 4.78 is 2.26. The number of fused-ring (bicyclic) bond motifs is 1. The highest BCUT2D eigenvalue weighted by Gasteiger charge is 2.25. The van der Waals surface area contributed by atoms with E-state index in [0.29, 0.717) is 5.92 Å². The second kappa shape index (κ2) is 5.96. The van der Waals surface area contributed by atoms with E-state index < -0.39 is 0 Å². The molecule has 4 heteroatoms. The van der Waals surface area contributed by atoms with Gasteiger partial charge in [0.15, 0.2) is 5.65 Å². The standard InChI is InChI=1S/C17H24ClN3/c1-11-8-15-17(19-9-11)21(16(20-15)13(3)18)10-14-7-5-4-6-12(14)2/h8-9,12-14H,4-7,10H2,1-3H3. The Kier molecular flexibility index (Phi) is 4.21. The van der Waals surface area contributed by atoms with Crippen LogP contribution >= 0.6 is 11.6 Å². The fourth-order valence-electron chi connectivity index (χ4n) is 3.51. The molecule has 114 valence electrons. The third-order valence-electron chi connectivity index (χ3n) is 4.81. The summed E-state index contributed by atoms with van der Waals surface area (Å²) in [6.45, 7) is 7.43. The van der Waals surface area contributed by atoms with E-state index in [2.05, 4.69) is 29.5 Å². The Bertz CT molecular complexity index is 632. The van der Waals surface area contributed by atoms with E-state index in [4.69, 9.17) is 16.6 Å². The van der Waals surface area contributed by atoms with Crippen molar-refractivity contribution in [3.8, 4) is 0 Å².